The smallest absolute Gasteiger partial charge is 0.285 e. The number of amidine groups is 1. The number of hydrogen-bond donors (Lipinski definition) is 0. The van der Waals surface area contributed by atoms with Crippen molar-refractivity contribution in [3.8, 4) is 0 Å². The van der Waals surface area contributed by atoms with Crippen LogP contribution in [0.1, 0.15) is 13.8 Å². The highest BCUT2D eigenvalue weighted by atomic mass is 32.1. The Hall–Kier alpha value is -0.640. The van der Waals surface area contributed by atoms with Crippen molar-refractivity contribution in [2.75, 3.05) is 20.7 Å². The summed E-state index contributed by atoms with van der Waals surface area (Å²) in [5.74, 6) is 0.850. The van der Waals surface area contributed by atoms with E-state index in [0.29, 0.717) is 11.8 Å². The quantitative estimate of drug-likeness (QED) is 0.340. The largest absolute Gasteiger partial charge is 0.470 e. The number of thiocarbonyl (C=S) groups is 1. The van der Waals surface area contributed by atoms with E-state index in [1.54, 1.807) is 0 Å². The van der Waals surface area contributed by atoms with Gasteiger partial charge in [-0.05, 0) is 26.1 Å². The number of rotatable bonds is 1. The highest BCUT2D eigenvalue weighted by Gasteiger charge is 1.95. The van der Waals surface area contributed by atoms with Gasteiger partial charge in [0.2, 0.25) is 0 Å². The molecule has 0 amide bonds. The van der Waals surface area contributed by atoms with Crippen LogP contribution >= 0.6 is 12.2 Å². The van der Waals surface area contributed by atoms with Crippen LogP contribution in [0.15, 0.2) is 4.99 Å². The summed E-state index contributed by atoms with van der Waals surface area (Å²) >= 11 is 4.81. The van der Waals surface area contributed by atoms with E-state index in [1.807, 2.05) is 32.8 Å². The summed E-state index contributed by atoms with van der Waals surface area (Å²) < 4.78 is 4.98. The molecule has 0 aromatic carbocycles. The van der Waals surface area contributed by atoms with Crippen molar-refractivity contribution in [1.29, 1.82) is 0 Å². The predicted octanol–water partition coefficient (Wildman–Crippen LogP) is 1.29. The summed E-state index contributed by atoms with van der Waals surface area (Å²) in [6, 6.07) is 0. The molecule has 0 aliphatic carbocycles. The average Bonchev–Trinajstić information content (AvgIpc) is 1.87. The van der Waals surface area contributed by atoms with Crippen molar-refractivity contribution >= 4 is 23.2 Å². The molecule has 0 radical (unpaired) electrons. The van der Waals surface area contributed by atoms with Crippen LogP contribution in [0.4, 0.5) is 0 Å². The average molecular weight is 174 g/mol. The molecule has 0 aliphatic heterocycles. The van der Waals surface area contributed by atoms with Crippen molar-refractivity contribution < 1.29 is 4.74 Å². The van der Waals surface area contributed by atoms with Gasteiger partial charge < -0.3 is 9.64 Å². The van der Waals surface area contributed by atoms with Crippen molar-refractivity contribution in [1.82, 2.24) is 4.90 Å². The van der Waals surface area contributed by atoms with Gasteiger partial charge in [-0.15, -0.1) is 0 Å². The first kappa shape index (κ1) is 10.4. The molecule has 4 heteroatoms. The fourth-order valence-corrected chi connectivity index (χ4v) is 0.638. The van der Waals surface area contributed by atoms with Crippen LogP contribution in [0.25, 0.3) is 0 Å². The van der Waals surface area contributed by atoms with Crippen LogP contribution in [0.3, 0.4) is 0 Å². The highest BCUT2D eigenvalue weighted by Crippen LogP contribution is 1.88. The van der Waals surface area contributed by atoms with Crippen molar-refractivity contribution in [2.24, 2.45) is 4.99 Å². The van der Waals surface area contributed by atoms with Gasteiger partial charge in [-0.3, -0.25) is 0 Å². The molecule has 0 rings (SSSR count). The maximum Gasteiger partial charge on any atom is 0.285 e. The summed E-state index contributed by atoms with van der Waals surface area (Å²) in [4.78, 5) is 5.90. The van der Waals surface area contributed by atoms with Gasteiger partial charge in [-0.2, -0.15) is 4.99 Å². The normalized spacial score (nSPS) is 11.1. The minimum absolute atomic E-state index is 0.304. The fourth-order valence-electron chi connectivity index (χ4n) is 0.388. The standard InChI is InChI=1S/C7H14N2OS/c1-5-10-7(11)8-6(2)9(3)4/h5H2,1-4H3/b8-6+. The van der Waals surface area contributed by atoms with Gasteiger partial charge in [0.25, 0.3) is 5.17 Å². The van der Waals surface area contributed by atoms with Gasteiger partial charge in [0, 0.05) is 14.1 Å². The molecule has 0 spiro atoms. The van der Waals surface area contributed by atoms with Crippen molar-refractivity contribution in [3.05, 3.63) is 0 Å². The van der Waals surface area contributed by atoms with Crippen molar-refractivity contribution in [3.63, 3.8) is 0 Å². The van der Waals surface area contributed by atoms with Crippen LogP contribution < -0.4 is 0 Å². The van der Waals surface area contributed by atoms with Gasteiger partial charge in [0.05, 0.1) is 6.61 Å². The zero-order valence-electron chi connectivity index (χ0n) is 7.42. The summed E-state index contributed by atoms with van der Waals surface area (Å²) in [5.41, 5.74) is 0. The molecule has 0 saturated heterocycles. The maximum atomic E-state index is 4.98. The van der Waals surface area contributed by atoms with E-state index in [0.717, 1.165) is 5.84 Å². The zero-order chi connectivity index (χ0) is 8.85. The van der Waals surface area contributed by atoms with Crippen LogP contribution in [0, 0.1) is 0 Å². The highest BCUT2D eigenvalue weighted by molar-refractivity contribution is 7.80. The zero-order valence-corrected chi connectivity index (χ0v) is 8.23. The molecule has 0 saturated carbocycles. The predicted molar refractivity (Wildman–Crippen MR) is 51.0 cm³/mol. The minimum Gasteiger partial charge on any atom is -0.470 e. The third-order valence-electron chi connectivity index (χ3n) is 1.17. The first-order chi connectivity index (χ1) is 5.07. The molecular formula is C7H14N2OS. The Bertz CT molecular complexity index is 166. The Morgan fingerprint density at radius 2 is 2.09 bits per heavy atom. The summed E-state index contributed by atoms with van der Waals surface area (Å²) in [7, 11) is 3.82. The Balaban J connectivity index is 3.97. The van der Waals surface area contributed by atoms with Crippen LogP contribution in [0.2, 0.25) is 0 Å². The number of aliphatic imine (C=N–C) groups is 1. The molecule has 0 heterocycles. The molecule has 0 bridgehead atoms. The fraction of sp³-hybridized carbons (Fsp3) is 0.714. The first-order valence-corrected chi connectivity index (χ1v) is 3.88. The lowest BCUT2D eigenvalue weighted by molar-refractivity contribution is 0.331. The van der Waals surface area contributed by atoms with Gasteiger partial charge in [-0.1, -0.05) is 0 Å². The molecule has 3 nitrogen and oxygen atoms in total. The lowest BCUT2D eigenvalue weighted by Crippen LogP contribution is -2.20. The number of nitrogens with zero attached hydrogens (tertiary/aromatic N) is 2. The van der Waals surface area contributed by atoms with Crippen LogP contribution in [-0.2, 0) is 4.74 Å². The van der Waals surface area contributed by atoms with Gasteiger partial charge in [0.1, 0.15) is 5.84 Å². The summed E-state index contributed by atoms with van der Waals surface area (Å²) in [6.45, 7) is 4.33. The second-order valence-electron chi connectivity index (χ2n) is 2.25. The molecular weight excluding hydrogens is 160 g/mol. The van der Waals surface area contributed by atoms with E-state index in [9.17, 15) is 0 Å². The maximum absolute atomic E-state index is 4.98. The summed E-state index contributed by atoms with van der Waals surface area (Å²) in [5, 5.41) is 0.304. The molecule has 0 aliphatic rings. The number of hydrogen-bond acceptors (Lipinski definition) is 2. The van der Waals surface area contributed by atoms with Gasteiger partial charge in [-0.25, -0.2) is 0 Å². The summed E-state index contributed by atoms with van der Waals surface area (Å²) in [6.07, 6.45) is 0. The lowest BCUT2D eigenvalue weighted by atomic mass is 10.6. The van der Waals surface area contributed by atoms with Gasteiger partial charge >= 0.3 is 0 Å². The minimum atomic E-state index is 0.304. The first-order valence-electron chi connectivity index (χ1n) is 3.47. The third-order valence-corrected chi connectivity index (χ3v) is 1.38. The Kier molecular flexibility index (Phi) is 4.77. The van der Waals surface area contributed by atoms with Gasteiger partial charge in [0.15, 0.2) is 0 Å². The topological polar surface area (TPSA) is 24.8 Å². The molecule has 0 fully saturated rings. The van der Waals surface area contributed by atoms with Crippen LogP contribution in [0.5, 0.6) is 0 Å². The molecule has 11 heavy (non-hydrogen) atoms. The Labute approximate surface area is 73.1 Å². The van der Waals surface area contributed by atoms with Crippen molar-refractivity contribution in [2.45, 2.75) is 13.8 Å². The second-order valence-corrected chi connectivity index (χ2v) is 2.60. The Morgan fingerprint density at radius 3 is 2.45 bits per heavy atom. The third kappa shape index (κ3) is 4.72. The molecule has 0 atom stereocenters. The molecule has 64 valence electrons. The lowest BCUT2D eigenvalue weighted by Gasteiger charge is -2.10. The van der Waals surface area contributed by atoms with E-state index in [2.05, 4.69) is 4.99 Å². The second kappa shape index (κ2) is 5.07. The molecule has 0 aromatic heterocycles. The van der Waals surface area contributed by atoms with E-state index in [1.165, 1.54) is 0 Å². The SMILES string of the molecule is CCOC(=S)/N=C(\C)N(C)C. The van der Waals surface area contributed by atoms with E-state index in [-0.39, 0.29) is 0 Å². The number of ether oxygens (including phenoxy) is 1. The Morgan fingerprint density at radius 1 is 1.55 bits per heavy atom. The monoisotopic (exact) mass is 174 g/mol. The molecule has 0 aromatic rings. The van der Waals surface area contributed by atoms with E-state index < -0.39 is 0 Å². The van der Waals surface area contributed by atoms with E-state index in [4.69, 9.17) is 17.0 Å². The van der Waals surface area contributed by atoms with E-state index >= 15 is 0 Å². The van der Waals surface area contributed by atoms with Crippen LogP contribution in [-0.4, -0.2) is 36.6 Å². The molecule has 0 unspecified atom stereocenters. The molecule has 0 N–H and O–H groups in total.